The lowest BCUT2D eigenvalue weighted by atomic mass is 10.1. The molecule has 0 aliphatic heterocycles. The van der Waals surface area contributed by atoms with Crippen molar-refractivity contribution in [2.24, 2.45) is 0 Å². The van der Waals surface area contributed by atoms with Crippen LogP contribution >= 0.6 is 0 Å². The highest BCUT2D eigenvalue weighted by Gasteiger charge is 2.29. The zero-order valence-electron chi connectivity index (χ0n) is 12.2. The minimum absolute atomic E-state index is 0.0643. The molecule has 1 heterocycles. The van der Waals surface area contributed by atoms with Gasteiger partial charge in [-0.05, 0) is 36.2 Å². The number of benzene rings is 1. The predicted octanol–water partition coefficient (Wildman–Crippen LogP) is 3.66. The summed E-state index contributed by atoms with van der Waals surface area (Å²) < 4.78 is 50.5. The van der Waals surface area contributed by atoms with Gasteiger partial charge in [-0.15, -0.1) is 0 Å². The minimum atomic E-state index is -4.40. The zero-order valence-corrected chi connectivity index (χ0v) is 12.2. The van der Waals surface area contributed by atoms with Crippen molar-refractivity contribution in [1.29, 1.82) is 0 Å². The molecule has 23 heavy (non-hydrogen) atoms. The fraction of sp³-hybridized carbons (Fsp3) is 0.250. The summed E-state index contributed by atoms with van der Waals surface area (Å²) >= 11 is 0. The van der Waals surface area contributed by atoms with Gasteiger partial charge in [-0.25, -0.2) is 4.39 Å². The Balaban J connectivity index is 1.97. The van der Waals surface area contributed by atoms with E-state index >= 15 is 0 Å². The molecule has 0 bridgehead atoms. The molecule has 0 saturated heterocycles. The molecule has 0 aliphatic carbocycles. The van der Waals surface area contributed by atoms with Crippen molar-refractivity contribution in [3.63, 3.8) is 0 Å². The van der Waals surface area contributed by atoms with Crippen molar-refractivity contribution < 1.29 is 22.4 Å². The molecule has 7 heteroatoms. The quantitative estimate of drug-likeness (QED) is 0.871. The first-order chi connectivity index (χ1) is 10.8. The number of hydrogen-bond acceptors (Lipinski definition) is 2. The van der Waals surface area contributed by atoms with Crippen molar-refractivity contribution in [3.8, 4) is 0 Å². The lowest BCUT2D eigenvalue weighted by Gasteiger charge is -2.14. The fourth-order valence-corrected chi connectivity index (χ4v) is 2.04. The molecule has 1 atom stereocenters. The Morgan fingerprint density at radius 2 is 1.87 bits per heavy atom. The minimum Gasteiger partial charge on any atom is -0.349 e. The Labute approximate surface area is 130 Å². The van der Waals surface area contributed by atoms with E-state index in [1.165, 1.54) is 24.4 Å². The first-order valence-corrected chi connectivity index (χ1v) is 6.81. The third-order valence-electron chi connectivity index (χ3n) is 3.25. The molecule has 0 radical (unpaired) electrons. The van der Waals surface area contributed by atoms with E-state index in [0.29, 0.717) is 11.1 Å². The molecule has 122 valence electrons. The number of hydrogen-bond donors (Lipinski definition) is 1. The maximum atomic E-state index is 13.1. The summed E-state index contributed by atoms with van der Waals surface area (Å²) in [4.78, 5) is 15.6. The first kappa shape index (κ1) is 16.9. The van der Waals surface area contributed by atoms with E-state index in [1.54, 1.807) is 6.92 Å². The second-order valence-electron chi connectivity index (χ2n) is 5.10. The van der Waals surface area contributed by atoms with Crippen molar-refractivity contribution in [1.82, 2.24) is 10.3 Å². The number of carbonyl (C=O) groups excluding carboxylic acids is 1. The SMILES string of the molecule is C[C@H](NC(=O)Cc1ccc(C(F)(F)F)cc1)c1cncc(F)c1. The standard InChI is InChI=1S/C16H14F4N2O/c1-10(12-7-14(17)9-21-8-12)22-15(23)6-11-2-4-13(5-3-11)16(18,19)20/h2-5,7-10H,6H2,1H3,(H,22,23)/t10-/m0/s1. The molecule has 1 amide bonds. The normalized spacial score (nSPS) is 12.7. The summed E-state index contributed by atoms with van der Waals surface area (Å²) in [7, 11) is 0. The molecule has 0 aliphatic rings. The van der Waals surface area contributed by atoms with Gasteiger partial charge >= 0.3 is 6.18 Å². The third-order valence-corrected chi connectivity index (χ3v) is 3.25. The van der Waals surface area contributed by atoms with Crippen LogP contribution in [0.1, 0.15) is 29.7 Å². The molecule has 1 aromatic heterocycles. The number of alkyl halides is 3. The number of rotatable bonds is 4. The van der Waals surface area contributed by atoms with Gasteiger partial charge in [-0.3, -0.25) is 9.78 Å². The highest BCUT2D eigenvalue weighted by molar-refractivity contribution is 5.79. The molecule has 2 rings (SSSR count). The Bertz CT molecular complexity index is 683. The molecule has 2 aromatic rings. The van der Waals surface area contributed by atoms with Crippen LogP contribution in [0.3, 0.4) is 0 Å². The van der Waals surface area contributed by atoms with E-state index < -0.39 is 23.6 Å². The molecule has 1 aromatic carbocycles. The number of amides is 1. The van der Waals surface area contributed by atoms with E-state index in [9.17, 15) is 22.4 Å². The Morgan fingerprint density at radius 3 is 2.43 bits per heavy atom. The molecule has 0 saturated carbocycles. The van der Waals surface area contributed by atoms with Gasteiger partial charge in [-0.2, -0.15) is 13.2 Å². The van der Waals surface area contributed by atoms with Gasteiger partial charge in [0.15, 0.2) is 0 Å². The molecule has 0 fully saturated rings. The number of nitrogens with zero attached hydrogens (tertiary/aromatic N) is 1. The third kappa shape index (κ3) is 4.77. The molecular formula is C16H14F4N2O. The van der Waals surface area contributed by atoms with Crippen molar-refractivity contribution >= 4 is 5.91 Å². The Morgan fingerprint density at radius 1 is 1.22 bits per heavy atom. The summed E-state index contributed by atoms with van der Waals surface area (Å²) in [5.74, 6) is -0.882. The van der Waals surface area contributed by atoms with Crippen LogP contribution < -0.4 is 5.32 Å². The summed E-state index contributed by atoms with van der Waals surface area (Å²) in [5.41, 5.74) is 0.201. The van der Waals surface area contributed by atoms with Crippen LogP contribution in [-0.4, -0.2) is 10.9 Å². The van der Waals surface area contributed by atoms with Gasteiger partial charge in [0, 0.05) is 6.20 Å². The Hall–Kier alpha value is -2.44. The molecule has 0 spiro atoms. The van der Waals surface area contributed by atoms with Crippen LogP contribution in [-0.2, 0) is 17.4 Å². The number of nitrogens with one attached hydrogen (secondary N) is 1. The second kappa shape index (κ2) is 6.76. The number of halogens is 4. The highest BCUT2D eigenvalue weighted by atomic mass is 19.4. The van der Waals surface area contributed by atoms with Gasteiger partial charge in [0.2, 0.25) is 5.91 Å². The average Bonchev–Trinajstić information content (AvgIpc) is 2.46. The second-order valence-corrected chi connectivity index (χ2v) is 5.10. The fourth-order valence-electron chi connectivity index (χ4n) is 2.04. The molecular weight excluding hydrogens is 312 g/mol. The van der Waals surface area contributed by atoms with E-state index in [2.05, 4.69) is 10.3 Å². The lowest BCUT2D eigenvalue weighted by molar-refractivity contribution is -0.137. The van der Waals surface area contributed by atoms with Crippen LogP contribution in [0.5, 0.6) is 0 Å². The van der Waals surface area contributed by atoms with Crippen LogP contribution in [0.25, 0.3) is 0 Å². The highest BCUT2D eigenvalue weighted by Crippen LogP contribution is 2.29. The monoisotopic (exact) mass is 326 g/mol. The summed E-state index contributed by atoms with van der Waals surface area (Å²) in [5, 5.41) is 2.65. The van der Waals surface area contributed by atoms with Gasteiger partial charge in [-0.1, -0.05) is 12.1 Å². The average molecular weight is 326 g/mol. The van der Waals surface area contributed by atoms with E-state index in [-0.39, 0.29) is 12.3 Å². The van der Waals surface area contributed by atoms with Gasteiger partial charge < -0.3 is 5.32 Å². The van der Waals surface area contributed by atoms with E-state index in [4.69, 9.17) is 0 Å². The van der Waals surface area contributed by atoms with Crippen molar-refractivity contribution in [2.45, 2.75) is 25.6 Å². The lowest BCUT2D eigenvalue weighted by Crippen LogP contribution is -2.28. The van der Waals surface area contributed by atoms with Gasteiger partial charge in [0.1, 0.15) is 5.82 Å². The van der Waals surface area contributed by atoms with Crippen LogP contribution in [0.15, 0.2) is 42.7 Å². The number of aromatic nitrogens is 1. The van der Waals surface area contributed by atoms with Gasteiger partial charge in [0.25, 0.3) is 0 Å². The summed E-state index contributed by atoms with van der Waals surface area (Å²) in [6.07, 6.45) is -1.97. The molecule has 0 unspecified atom stereocenters. The maximum Gasteiger partial charge on any atom is 0.416 e. The molecule has 1 N–H and O–H groups in total. The topological polar surface area (TPSA) is 42.0 Å². The maximum absolute atomic E-state index is 13.1. The zero-order chi connectivity index (χ0) is 17.0. The largest absolute Gasteiger partial charge is 0.416 e. The predicted molar refractivity (Wildman–Crippen MR) is 75.9 cm³/mol. The first-order valence-electron chi connectivity index (χ1n) is 6.81. The summed E-state index contributed by atoms with van der Waals surface area (Å²) in [6.45, 7) is 1.67. The van der Waals surface area contributed by atoms with E-state index in [1.807, 2.05) is 0 Å². The number of pyridine rings is 1. The summed E-state index contributed by atoms with van der Waals surface area (Å²) in [6, 6.07) is 5.19. The number of carbonyl (C=O) groups is 1. The van der Waals surface area contributed by atoms with Gasteiger partial charge in [0.05, 0.1) is 24.2 Å². The van der Waals surface area contributed by atoms with Crippen molar-refractivity contribution in [3.05, 3.63) is 65.2 Å². The van der Waals surface area contributed by atoms with Crippen molar-refractivity contribution in [2.75, 3.05) is 0 Å². The van der Waals surface area contributed by atoms with Crippen LogP contribution in [0.4, 0.5) is 17.6 Å². The van der Waals surface area contributed by atoms with E-state index in [0.717, 1.165) is 18.3 Å². The smallest absolute Gasteiger partial charge is 0.349 e. The Kier molecular flexibility index (Phi) is 4.98. The molecule has 3 nitrogen and oxygen atoms in total. The van der Waals surface area contributed by atoms with Crippen LogP contribution in [0, 0.1) is 5.82 Å². The van der Waals surface area contributed by atoms with Crippen LogP contribution in [0.2, 0.25) is 0 Å².